The molecule has 2 aromatic rings. The number of hydrogen-bond donors (Lipinski definition) is 1. The zero-order chi connectivity index (χ0) is 20.0. The highest BCUT2D eigenvalue weighted by atomic mass is 35.5. The van der Waals surface area contributed by atoms with Crippen LogP contribution in [0.15, 0.2) is 48.5 Å². The lowest BCUT2D eigenvalue weighted by Crippen LogP contribution is -2.47. The second-order valence-corrected chi connectivity index (χ2v) is 8.28. The molecular formula is C19H20ClN3O3S. The second-order valence-electron chi connectivity index (χ2n) is 5.98. The smallest absolute Gasteiger partial charge is 0.248 e. The van der Waals surface area contributed by atoms with Crippen LogP contribution in [0.4, 0.5) is 11.4 Å². The van der Waals surface area contributed by atoms with Gasteiger partial charge < -0.3 is 5.32 Å². The van der Waals surface area contributed by atoms with Gasteiger partial charge in [0.15, 0.2) is 0 Å². The van der Waals surface area contributed by atoms with Crippen LogP contribution in [0.2, 0.25) is 5.02 Å². The number of hydrogen-bond acceptors (Lipinski definition) is 4. The van der Waals surface area contributed by atoms with E-state index in [1.54, 1.807) is 49.4 Å². The zero-order valence-electron chi connectivity index (χ0n) is 15.0. The van der Waals surface area contributed by atoms with Crippen molar-refractivity contribution in [3.8, 4) is 6.07 Å². The maximum Gasteiger partial charge on any atom is 0.248 e. The highest BCUT2D eigenvalue weighted by molar-refractivity contribution is 7.92. The Morgan fingerprint density at radius 1 is 1.26 bits per heavy atom. The van der Waals surface area contributed by atoms with Gasteiger partial charge in [-0.2, -0.15) is 5.26 Å². The van der Waals surface area contributed by atoms with Crippen LogP contribution >= 0.6 is 11.6 Å². The molecule has 0 aromatic heterocycles. The minimum absolute atomic E-state index is 0.276. The van der Waals surface area contributed by atoms with Crippen LogP contribution < -0.4 is 9.62 Å². The molecule has 0 saturated heterocycles. The van der Waals surface area contributed by atoms with Gasteiger partial charge >= 0.3 is 0 Å². The van der Waals surface area contributed by atoms with E-state index in [1.807, 2.05) is 0 Å². The monoisotopic (exact) mass is 405 g/mol. The molecule has 0 spiro atoms. The fourth-order valence-electron chi connectivity index (χ4n) is 2.70. The molecule has 0 radical (unpaired) electrons. The fraction of sp³-hybridized carbons (Fsp3) is 0.263. The second kappa shape index (κ2) is 8.89. The number of carbonyl (C=O) groups is 1. The number of amides is 1. The summed E-state index contributed by atoms with van der Waals surface area (Å²) in [5, 5.41) is 11.8. The number of benzene rings is 2. The molecule has 0 saturated carbocycles. The molecule has 0 aliphatic rings. The lowest BCUT2D eigenvalue weighted by Gasteiger charge is -2.30. The number of rotatable bonds is 7. The van der Waals surface area contributed by atoms with Crippen LogP contribution in [0.1, 0.15) is 18.9 Å². The molecule has 0 aliphatic carbocycles. The number of nitrogens with zero attached hydrogens (tertiary/aromatic N) is 2. The van der Waals surface area contributed by atoms with E-state index < -0.39 is 22.0 Å². The summed E-state index contributed by atoms with van der Waals surface area (Å²) in [4.78, 5) is 12.8. The molecule has 0 fully saturated rings. The van der Waals surface area contributed by atoms with Crippen molar-refractivity contribution in [2.45, 2.75) is 25.8 Å². The third kappa shape index (κ3) is 5.46. The number of nitriles is 1. The summed E-state index contributed by atoms with van der Waals surface area (Å²) in [6.45, 7) is 1.74. The van der Waals surface area contributed by atoms with Crippen molar-refractivity contribution in [1.82, 2.24) is 0 Å². The predicted octanol–water partition coefficient (Wildman–Crippen LogP) is 3.59. The van der Waals surface area contributed by atoms with E-state index in [1.165, 1.54) is 6.07 Å². The topological polar surface area (TPSA) is 90.3 Å². The van der Waals surface area contributed by atoms with Crippen molar-refractivity contribution < 1.29 is 13.2 Å². The zero-order valence-corrected chi connectivity index (χ0v) is 16.6. The molecular weight excluding hydrogens is 386 g/mol. The largest absolute Gasteiger partial charge is 0.324 e. The average molecular weight is 406 g/mol. The van der Waals surface area contributed by atoms with Gasteiger partial charge in [0, 0.05) is 10.7 Å². The minimum Gasteiger partial charge on any atom is -0.324 e. The Hall–Kier alpha value is -2.56. The molecule has 2 rings (SSSR count). The van der Waals surface area contributed by atoms with Gasteiger partial charge in [0.25, 0.3) is 0 Å². The Balaban J connectivity index is 2.30. The molecule has 142 valence electrons. The van der Waals surface area contributed by atoms with Crippen LogP contribution in [0.3, 0.4) is 0 Å². The van der Waals surface area contributed by atoms with E-state index in [9.17, 15) is 13.2 Å². The molecule has 1 atom stereocenters. The summed E-state index contributed by atoms with van der Waals surface area (Å²) < 4.78 is 25.9. The summed E-state index contributed by atoms with van der Waals surface area (Å²) in [5.74, 6) is -0.448. The van der Waals surface area contributed by atoms with Crippen molar-refractivity contribution >= 4 is 38.9 Å². The highest BCUT2D eigenvalue weighted by Gasteiger charge is 2.31. The normalized spacial score (nSPS) is 12.1. The molecule has 0 bridgehead atoms. The number of halogens is 1. The van der Waals surface area contributed by atoms with Crippen molar-refractivity contribution in [2.75, 3.05) is 15.9 Å². The summed E-state index contributed by atoms with van der Waals surface area (Å²) in [5.41, 5.74) is 1.69. The van der Waals surface area contributed by atoms with E-state index in [0.29, 0.717) is 16.4 Å². The van der Waals surface area contributed by atoms with Crippen LogP contribution in [-0.4, -0.2) is 26.6 Å². The summed E-state index contributed by atoms with van der Waals surface area (Å²) in [6, 6.07) is 14.3. The van der Waals surface area contributed by atoms with Gasteiger partial charge in [0.05, 0.1) is 24.4 Å². The van der Waals surface area contributed by atoms with Crippen molar-refractivity contribution in [1.29, 1.82) is 5.26 Å². The molecule has 27 heavy (non-hydrogen) atoms. The third-order valence-corrected chi connectivity index (χ3v) is 5.31. The van der Waals surface area contributed by atoms with Crippen molar-refractivity contribution in [2.24, 2.45) is 0 Å². The maximum atomic E-state index is 12.8. The van der Waals surface area contributed by atoms with Gasteiger partial charge in [-0.1, -0.05) is 36.7 Å². The van der Waals surface area contributed by atoms with Gasteiger partial charge in [-0.15, -0.1) is 0 Å². The molecule has 8 heteroatoms. The first-order valence-corrected chi connectivity index (χ1v) is 10.5. The van der Waals surface area contributed by atoms with Crippen molar-refractivity contribution in [3.05, 3.63) is 59.1 Å². The Morgan fingerprint density at radius 3 is 2.44 bits per heavy atom. The molecule has 2 aromatic carbocycles. The van der Waals surface area contributed by atoms with Gasteiger partial charge in [-0.25, -0.2) is 8.42 Å². The molecule has 6 nitrogen and oxygen atoms in total. The molecule has 1 amide bonds. The first-order valence-electron chi connectivity index (χ1n) is 8.28. The quantitative estimate of drug-likeness (QED) is 0.762. The molecule has 0 unspecified atom stereocenters. The van der Waals surface area contributed by atoms with E-state index in [-0.39, 0.29) is 12.8 Å². The Labute approximate surface area is 164 Å². The first-order chi connectivity index (χ1) is 12.8. The molecule has 0 aliphatic heterocycles. The summed E-state index contributed by atoms with van der Waals surface area (Å²) >= 11 is 5.99. The maximum absolute atomic E-state index is 12.8. The van der Waals surface area contributed by atoms with Crippen LogP contribution in [0, 0.1) is 11.3 Å². The Bertz CT molecular complexity index is 953. The minimum atomic E-state index is -3.72. The number of carbonyl (C=O) groups excluding carboxylic acids is 1. The summed E-state index contributed by atoms with van der Waals surface area (Å²) in [6.07, 6.45) is 1.61. The van der Waals surface area contributed by atoms with Crippen LogP contribution in [-0.2, 0) is 21.2 Å². The van der Waals surface area contributed by atoms with Gasteiger partial charge in [0.2, 0.25) is 15.9 Å². The highest BCUT2D eigenvalue weighted by Crippen LogP contribution is 2.26. The van der Waals surface area contributed by atoms with Gasteiger partial charge in [-0.05, 0) is 42.3 Å². The molecule has 0 heterocycles. The Kier molecular flexibility index (Phi) is 6.83. The Morgan fingerprint density at radius 2 is 1.93 bits per heavy atom. The van der Waals surface area contributed by atoms with Crippen LogP contribution in [0.25, 0.3) is 0 Å². The number of nitrogens with one attached hydrogen (secondary N) is 1. The third-order valence-electron chi connectivity index (χ3n) is 3.90. The van der Waals surface area contributed by atoms with E-state index in [2.05, 4.69) is 11.4 Å². The summed E-state index contributed by atoms with van der Waals surface area (Å²) in [7, 11) is -3.72. The van der Waals surface area contributed by atoms with Crippen LogP contribution in [0.5, 0.6) is 0 Å². The van der Waals surface area contributed by atoms with Gasteiger partial charge in [-0.3, -0.25) is 9.10 Å². The first kappa shape index (κ1) is 20.7. The number of sulfonamides is 1. The van der Waals surface area contributed by atoms with E-state index in [4.69, 9.17) is 16.9 Å². The number of anilines is 2. The van der Waals surface area contributed by atoms with Crippen molar-refractivity contribution in [3.63, 3.8) is 0 Å². The lowest BCUT2D eigenvalue weighted by atomic mass is 10.1. The predicted molar refractivity (Wildman–Crippen MR) is 107 cm³/mol. The van der Waals surface area contributed by atoms with E-state index >= 15 is 0 Å². The SMILES string of the molecule is CC[C@H](C(=O)Nc1ccc(CC#N)cc1)N(c1cccc(Cl)c1)S(C)(=O)=O. The lowest BCUT2D eigenvalue weighted by molar-refractivity contribution is -0.117. The van der Waals surface area contributed by atoms with Gasteiger partial charge in [0.1, 0.15) is 6.04 Å². The van der Waals surface area contributed by atoms with E-state index in [0.717, 1.165) is 16.1 Å². The standard InChI is InChI=1S/C19H20ClN3O3S/c1-3-18(19(24)22-16-9-7-14(8-10-16)11-12-21)23(27(2,25)26)17-6-4-5-15(20)13-17/h4-10,13,18H,3,11H2,1-2H3,(H,22,24)/t18-/m1/s1. The molecule has 1 N–H and O–H groups in total. The average Bonchev–Trinajstić information content (AvgIpc) is 2.60. The fourth-order valence-corrected chi connectivity index (χ4v) is 4.08.